The molecule has 1 aromatic heterocycles. The summed E-state index contributed by atoms with van der Waals surface area (Å²) < 4.78 is 88.6. The van der Waals surface area contributed by atoms with Crippen molar-refractivity contribution in [3.05, 3.63) is 128 Å². The minimum Gasteiger partial charge on any atom is -0.452 e. The summed E-state index contributed by atoms with van der Waals surface area (Å²) in [4.78, 5) is 38.1. The highest BCUT2D eigenvalue weighted by molar-refractivity contribution is 7.89. The molecule has 4 rings (SSSR count). The summed E-state index contributed by atoms with van der Waals surface area (Å²) in [5, 5.41) is 11.1. The summed E-state index contributed by atoms with van der Waals surface area (Å²) in [6.07, 6.45) is -6.54. The number of hydrogen-bond donors (Lipinski definition) is 1. The fourth-order valence-electron chi connectivity index (χ4n) is 6.36. The van der Waals surface area contributed by atoms with Crippen molar-refractivity contribution in [1.29, 1.82) is 0 Å². The maximum Gasteiger partial charge on any atom is 0.417 e. The Morgan fingerprint density at radius 2 is 1.36 bits per heavy atom. The second-order valence-corrected chi connectivity index (χ2v) is 25.3. The quantitative estimate of drug-likeness (QED) is 0.0655. The van der Waals surface area contributed by atoms with Crippen LogP contribution in [0.25, 0.3) is 0 Å². The van der Waals surface area contributed by atoms with Gasteiger partial charge in [0, 0.05) is 34.3 Å². The number of imide groups is 1. The van der Waals surface area contributed by atoms with Crippen molar-refractivity contribution in [1.82, 2.24) is 9.21 Å². The molecule has 12 nitrogen and oxygen atoms in total. The fraction of sp³-hybridized carbons (Fsp3) is 0.442. The number of carbonyl (C=O) groups excluding carboxylic acids is 2. The van der Waals surface area contributed by atoms with Gasteiger partial charge in [0.2, 0.25) is 10.0 Å². The number of carbonyl (C=O) groups is 2. The number of thiophene rings is 1. The molecular weight excluding hydrogens is 850 g/mol. The average Bonchev–Trinajstić information content (AvgIpc) is 3.66. The predicted octanol–water partition coefficient (Wildman–Crippen LogP) is 10.2. The molecule has 0 bridgehead atoms. The lowest BCUT2D eigenvalue weighted by Crippen LogP contribution is -2.53. The van der Waals surface area contributed by atoms with Crippen LogP contribution in [0, 0.1) is 15.5 Å². The van der Waals surface area contributed by atoms with Crippen LogP contribution in [0.1, 0.15) is 86.8 Å². The van der Waals surface area contributed by atoms with Crippen LogP contribution in [0.4, 0.5) is 23.7 Å². The van der Waals surface area contributed by atoms with E-state index in [1.807, 2.05) is 54.6 Å². The number of nitrogens with zero attached hydrogens (tertiary/aromatic N) is 3. The van der Waals surface area contributed by atoms with E-state index in [4.69, 9.17) is 14.9 Å². The van der Waals surface area contributed by atoms with Crippen LogP contribution >= 0.6 is 11.3 Å². The van der Waals surface area contributed by atoms with Gasteiger partial charge in [-0.25, -0.2) is 18.1 Å². The van der Waals surface area contributed by atoms with Gasteiger partial charge < -0.3 is 14.9 Å². The molecule has 0 unspecified atom stereocenters. The number of hydrogen-bond acceptors (Lipinski definition) is 10. The minimum absolute atomic E-state index is 0.00865. The molecule has 4 aromatic rings. The van der Waals surface area contributed by atoms with Crippen molar-refractivity contribution in [2.75, 3.05) is 20.3 Å². The van der Waals surface area contributed by atoms with Crippen molar-refractivity contribution in [3.8, 4) is 0 Å². The van der Waals surface area contributed by atoms with Crippen LogP contribution in [-0.4, -0.2) is 75.3 Å². The third-order valence-corrected chi connectivity index (χ3v) is 18.5. The Morgan fingerprint density at radius 1 is 0.852 bits per heavy atom. The Labute approximate surface area is 361 Å². The Bertz CT molecular complexity index is 2190. The normalized spacial score (nSPS) is 14.4. The van der Waals surface area contributed by atoms with Crippen LogP contribution in [0.3, 0.4) is 0 Å². The van der Waals surface area contributed by atoms with Crippen molar-refractivity contribution in [2.45, 2.75) is 101 Å². The highest BCUT2D eigenvalue weighted by Crippen LogP contribution is 2.45. The molecule has 3 aromatic carbocycles. The van der Waals surface area contributed by atoms with Gasteiger partial charge in [-0.3, -0.25) is 14.9 Å². The molecule has 0 aliphatic carbocycles. The van der Waals surface area contributed by atoms with Crippen molar-refractivity contribution in [3.63, 3.8) is 0 Å². The van der Waals surface area contributed by atoms with Crippen LogP contribution in [0.15, 0.2) is 102 Å². The number of benzene rings is 3. The number of nitro groups is 1. The zero-order valence-corrected chi connectivity index (χ0v) is 38.4. The molecule has 0 aliphatic heterocycles. The predicted molar refractivity (Wildman–Crippen MR) is 232 cm³/mol. The number of methoxy groups -OCH3 is 1. The maximum atomic E-state index is 15.6. The van der Waals surface area contributed by atoms with E-state index in [2.05, 4.69) is 0 Å². The number of sulfonamides is 1. The number of amides is 2. The minimum atomic E-state index is -5.26. The smallest absolute Gasteiger partial charge is 0.417 e. The Kier molecular flexibility index (Phi) is 15.6. The molecule has 2 amide bonds. The van der Waals surface area contributed by atoms with E-state index >= 15 is 13.2 Å². The lowest BCUT2D eigenvalue weighted by molar-refractivity contribution is -0.384. The molecule has 18 heteroatoms. The number of alkyl halides is 3. The monoisotopic (exact) mass is 904 g/mol. The number of nitrogens with two attached hydrogens (primary N) is 1. The van der Waals surface area contributed by atoms with Crippen LogP contribution < -0.4 is 5.73 Å². The van der Waals surface area contributed by atoms with E-state index in [9.17, 15) is 28.1 Å². The van der Waals surface area contributed by atoms with Crippen LogP contribution in [-0.2, 0) is 24.0 Å². The molecule has 61 heavy (non-hydrogen) atoms. The van der Waals surface area contributed by atoms with Gasteiger partial charge in [-0.1, -0.05) is 102 Å². The zero-order chi connectivity index (χ0) is 45.7. The van der Waals surface area contributed by atoms with E-state index < -0.39 is 75.8 Å². The first kappa shape index (κ1) is 49.2. The third-order valence-electron chi connectivity index (χ3n) is 10.9. The molecule has 0 fully saturated rings. The Hall–Kier alpha value is -4.46. The first-order chi connectivity index (χ1) is 28.2. The zero-order valence-electron chi connectivity index (χ0n) is 35.8. The number of rotatable bonds is 16. The highest BCUT2D eigenvalue weighted by atomic mass is 32.2. The van der Waals surface area contributed by atoms with Crippen molar-refractivity contribution >= 4 is 47.4 Å². The molecule has 0 radical (unpaired) electrons. The van der Waals surface area contributed by atoms with Gasteiger partial charge in [0.15, 0.2) is 14.4 Å². The number of non-ortho nitro benzene ring substituents is 1. The summed E-state index contributed by atoms with van der Waals surface area (Å²) in [6.45, 7) is 15.2. The first-order valence-corrected chi connectivity index (χ1v) is 24.7. The summed E-state index contributed by atoms with van der Waals surface area (Å²) in [5.41, 5.74) is 6.90. The number of halogens is 3. The average molecular weight is 905 g/mol. The summed E-state index contributed by atoms with van der Waals surface area (Å²) in [6, 6.07) is 18.0. The maximum absolute atomic E-state index is 15.6. The molecule has 3 atom stereocenters. The van der Waals surface area contributed by atoms with E-state index in [-0.39, 0.29) is 38.5 Å². The lowest BCUT2D eigenvalue weighted by atomic mass is 9.84. The van der Waals surface area contributed by atoms with Gasteiger partial charge in [0.25, 0.3) is 11.6 Å². The third kappa shape index (κ3) is 11.9. The molecule has 0 aliphatic rings. The summed E-state index contributed by atoms with van der Waals surface area (Å²) in [7, 11) is -6.28. The van der Waals surface area contributed by atoms with Gasteiger partial charge in [0.1, 0.15) is 0 Å². The SMILES string of the molecule is COC(=O)N(C(=O)[C@@H](N)C(c1ccccc1)c1ccccc1)[C@H](c1ccc([C@@H](CO[Si](C)(C)C(C)(C)C)N(CCC(C)(C)C)S(=O)(=O)c2ccc([N+](=O)[O-])cc2)s1)C(F)(F)F. The second-order valence-electron chi connectivity index (χ2n) is 17.5. The molecule has 2 N–H and O–H groups in total. The lowest BCUT2D eigenvalue weighted by Gasteiger charge is -2.39. The highest BCUT2D eigenvalue weighted by Gasteiger charge is 2.52. The Morgan fingerprint density at radius 3 is 1.80 bits per heavy atom. The molecule has 1 heterocycles. The number of ether oxygens (including phenoxy) is 1. The fourth-order valence-corrected chi connectivity index (χ4v) is 10.2. The largest absolute Gasteiger partial charge is 0.452 e. The van der Waals surface area contributed by atoms with Gasteiger partial charge in [0.05, 0.1) is 35.6 Å². The molecule has 0 saturated heterocycles. The van der Waals surface area contributed by atoms with E-state index in [1.54, 1.807) is 60.7 Å². The van der Waals surface area contributed by atoms with Crippen molar-refractivity contribution < 1.29 is 45.3 Å². The van der Waals surface area contributed by atoms with Gasteiger partial charge in [-0.15, -0.1) is 11.3 Å². The molecular formula is C43H55F3N4O8S2Si. The van der Waals surface area contributed by atoms with Gasteiger partial charge in [-0.05, 0) is 65.4 Å². The second kappa shape index (κ2) is 19.3. The molecule has 332 valence electrons. The van der Waals surface area contributed by atoms with Gasteiger partial charge in [-0.2, -0.15) is 17.5 Å². The summed E-state index contributed by atoms with van der Waals surface area (Å²) in [5.74, 6) is -2.32. The van der Waals surface area contributed by atoms with E-state index in [0.29, 0.717) is 28.9 Å². The van der Waals surface area contributed by atoms with E-state index in [1.165, 1.54) is 6.07 Å². The molecule has 0 saturated carbocycles. The molecule has 0 spiro atoms. The van der Waals surface area contributed by atoms with E-state index in [0.717, 1.165) is 41.7 Å². The topological polar surface area (TPSA) is 162 Å². The van der Waals surface area contributed by atoms with Gasteiger partial charge >= 0.3 is 12.3 Å². The number of nitro benzene ring substituents is 1. The standard InChI is InChI=1S/C43H55F3N4O8S2Si/c1-41(2,3)26-27-48(60(55,56)32-22-20-31(21-23-32)50(53)54)33(28-58-61(8,9)42(4,5)6)34-24-25-35(59-34)38(43(44,45)46)49(40(52)57-7)39(51)37(47)36(29-16-12-10-13-17-29)30-18-14-11-15-19-30/h10-25,33,36-38H,26-28,47H2,1-9H3/t33-,37+,38-/m1/s1. The summed E-state index contributed by atoms with van der Waals surface area (Å²) >= 11 is 0.577. The first-order valence-electron chi connectivity index (χ1n) is 19.5. The Balaban J connectivity index is 1.91. The van der Waals surface area contributed by atoms with Crippen LogP contribution in [0.2, 0.25) is 18.1 Å². The van der Waals surface area contributed by atoms with Crippen molar-refractivity contribution in [2.24, 2.45) is 11.1 Å². The van der Waals surface area contributed by atoms with Crippen LogP contribution in [0.5, 0.6) is 0 Å².